The van der Waals surface area contributed by atoms with Crippen molar-refractivity contribution in [3.63, 3.8) is 0 Å². The van der Waals surface area contributed by atoms with Crippen LogP contribution in [-0.4, -0.2) is 17.6 Å². The quantitative estimate of drug-likeness (QED) is 0.583. The molecule has 0 bridgehead atoms. The summed E-state index contributed by atoms with van der Waals surface area (Å²) >= 11 is 0.541. The third kappa shape index (κ3) is 4.34. The first-order valence-electron chi connectivity index (χ1n) is 2.81. The molecule has 0 amide bonds. The topological polar surface area (TPSA) is 69.4 Å². The van der Waals surface area contributed by atoms with Crippen molar-refractivity contribution in [2.24, 2.45) is 5.73 Å². The van der Waals surface area contributed by atoms with Gasteiger partial charge in [-0.1, -0.05) is 6.92 Å². The molecule has 0 aliphatic rings. The van der Waals surface area contributed by atoms with Crippen LogP contribution in [0, 0.1) is 0 Å². The van der Waals surface area contributed by atoms with Gasteiger partial charge in [0.25, 0.3) is 0 Å². The first kappa shape index (κ1) is 9.45. The van der Waals surface area contributed by atoms with Crippen LogP contribution >= 0.6 is 12.0 Å². The molecule has 0 aromatic rings. The van der Waals surface area contributed by atoms with E-state index in [2.05, 4.69) is 4.18 Å². The minimum Gasteiger partial charge on any atom is -0.382 e. The minimum atomic E-state index is -0.577. The van der Waals surface area contributed by atoms with E-state index in [1.54, 1.807) is 6.92 Å². The average Bonchev–Trinajstić information content (AvgIpc) is 1.99. The first-order valence-corrected chi connectivity index (χ1v) is 3.55. The van der Waals surface area contributed by atoms with E-state index in [1.165, 1.54) is 0 Å². The van der Waals surface area contributed by atoms with Gasteiger partial charge in [-0.25, -0.2) is 4.79 Å². The van der Waals surface area contributed by atoms with E-state index in [0.717, 1.165) is 0 Å². The molecular formula is C5H9NO3S. The van der Waals surface area contributed by atoms with E-state index in [-0.39, 0.29) is 11.7 Å². The fourth-order valence-corrected chi connectivity index (χ4v) is 0.558. The van der Waals surface area contributed by atoms with Crippen LogP contribution in [-0.2, 0) is 13.8 Å². The highest BCUT2D eigenvalue weighted by atomic mass is 32.2. The summed E-state index contributed by atoms with van der Waals surface area (Å²) in [6.07, 6.45) is 0.350. The summed E-state index contributed by atoms with van der Waals surface area (Å²) in [6, 6.07) is 0. The van der Waals surface area contributed by atoms with Gasteiger partial charge in [0.2, 0.25) is 5.12 Å². The second-order valence-electron chi connectivity index (χ2n) is 1.47. The minimum absolute atomic E-state index is 0.179. The summed E-state index contributed by atoms with van der Waals surface area (Å²) in [5, 5.41) is -0.179. The zero-order valence-corrected chi connectivity index (χ0v) is 6.44. The summed E-state index contributed by atoms with van der Waals surface area (Å²) in [6.45, 7) is 1.50. The van der Waals surface area contributed by atoms with Crippen LogP contribution in [0.2, 0.25) is 0 Å². The Hall–Kier alpha value is -0.550. The molecular weight excluding hydrogens is 154 g/mol. The third-order valence-electron chi connectivity index (χ3n) is 0.683. The van der Waals surface area contributed by atoms with E-state index in [1.807, 2.05) is 0 Å². The van der Waals surface area contributed by atoms with Crippen molar-refractivity contribution in [1.82, 2.24) is 0 Å². The van der Waals surface area contributed by atoms with Crippen molar-refractivity contribution in [1.29, 1.82) is 0 Å². The van der Waals surface area contributed by atoms with Crippen LogP contribution in [0.5, 0.6) is 0 Å². The van der Waals surface area contributed by atoms with Crippen molar-refractivity contribution in [3.8, 4) is 0 Å². The fraction of sp³-hybridized carbons (Fsp3) is 0.600. The van der Waals surface area contributed by atoms with Crippen LogP contribution in [0.4, 0.5) is 0 Å². The molecule has 0 radical (unpaired) electrons. The molecule has 0 rings (SSSR count). The lowest BCUT2D eigenvalue weighted by Gasteiger charge is -1.95. The number of carbonyl (C=O) groups is 2. The number of carbonyl (C=O) groups excluding carboxylic acids is 2. The Balaban J connectivity index is 3.35. The van der Waals surface area contributed by atoms with Crippen molar-refractivity contribution in [3.05, 3.63) is 0 Å². The van der Waals surface area contributed by atoms with Crippen molar-refractivity contribution >= 4 is 23.1 Å². The van der Waals surface area contributed by atoms with Gasteiger partial charge in [0, 0.05) is 6.42 Å². The number of rotatable bonds is 2. The highest BCUT2D eigenvalue weighted by molar-refractivity contribution is 8.09. The van der Waals surface area contributed by atoms with Gasteiger partial charge in [0.05, 0.1) is 6.54 Å². The van der Waals surface area contributed by atoms with Gasteiger partial charge in [0.15, 0.2) is 0 Å². The van der Waals surface area contributed by atoms with Crippen molar-refractivity contribution < 1.29 is 13.8 Å². The predicted octanol–water partition coefficient (Wildman–Crippen LogP) is 0.0731. The molecule has 5 heteroatoms. The molecule has 0 saturated heterocycles. The smallest absolute Gasteiger partial charge is 0.332 e. The molecule has 0 aliphatic carbocycles. The molecule has 10 heavy (non-hydrogen) atoms. The Morgan fingerprint density at radius 3 is 2.60 bits per heavy atom. The van der Waals surface area contributed by atoms with Gasteiger partial charge in [-0.05, 0) is 0 Å². The maximum absolute atomic E-state index is 10.5. The molecule has 0 fully saturated rings. The zero-order chi connectivity index (χ0) is 7.98. The fourth-order valence-electron chi connectivity index (χ4n) is 0.186. The third-order valence-corrected chi connectivity index (χ3v) is 1.43. The first-order chi connectivity index (χ1) is 4.70. The van der Waals surface area contributed by atoms with Gasteiger partial charge in [-0.3, -0.25) is 4.79 Å². The number of nitrogens with two attached hydrogens (primary N) is 1. The molecule has 0 aromatic heterocycles. The molecule has 0 spiro atoms. The summed E-state index contributed by atoms with van der Waals surface area (Å²) in [5.41, 5.74) is 4.90. The van der Waals surface area contributed by atoms with Crippen molar-refractivity contribution in [2.75, 3.05) is 6.54 Å². The Morgan fingerprint density at radius 2 is 2.20 bits per heavy atom. The molecule has 4 nitrogen and oxygen atoms in total. The van der Waals surface area contributed by atoms with E-state index in [9.17, 15) is 9.59 Å². The summed E-state index contributed by atoms with van der Waals surface area (Å²) < 4.78 is 4.35. The van der Waals surface area contributed by atoms with E-state index in [0.29, 0.717) is 18.5 Å². The standard InChI is InChI=1S/C5H9NO3S/c1-2-5(8)10-9-4(7)3-6/h2-3,6H2,1H3. The molecule has 0 aromatic carbocycles. The van der Waals surface area contributed by atoms with Crippen molar-refractivity contribution in [2.45, 2.75) is 13.3 Å². The van der Waals surface area contributed by atoms with Crippen LogP contribution in [0.25, 0.3) is 0 Å². The van der Waals surface area contributed by atoms with Crippen LogP contribution in [0.15, 0.2) is 0 Å². The summed E-state index contributed by atoms with van der Waals surface area (Å²) in [7, 11) is 0. The largest absolute Gasteiger partial charge is 0.382 e. The van der Waals surface area contributed by atoms with Crippen LogP contribution < -0.4 is 5.73 Å². The monoisotopic (exact) mass is 163 g/mol. The number of hydrogen-bond donors (Lipinski definition) is 1. The molecule has 2 N–H and O–H groups in total. The Bertz CT molecular complexity index is 121. The maximum Gasteiger partial charge on any atom is 0.332 e. The lowest BCUT2D eigenvalue weighted by atomic mass is 10.6. The highest BCUT2D eigenvalue weighted by Gasteiger charge is 2.04. The van der Waals surface area contributed by atoms with Gasteiger partial charge >= 0.3 is 5.97 Å². The lowest BCUT2D eigenvalue weighted by molar-refractivity contribution is -0.132. The normalized spacial score (nSPS) is 9.00. The molecule has 0 saturated carbocycles. The molecule has 0 aliphatic heterocycles. The summed E-state index contributed by atoms with van der Waals surface area (Å²) in [5.74, 6) is -0.577. The second-order valence-corrected chi connectivity index (χ2v) is 2.26. The van der Waals surface area contributed by atoms with Gasteiger partial charge < -0.3 is 9.92 Å². The molecule has 0 heterocycles. The van der Waals surface area contributed by atoms with E-state index >= 15 is 0 Å². The molecule has 58 valence electrons. The Labute approximate surface area is 63.3 Å². The maximum atomic E-state index is 10.5. The zero-order valence-electron chi connectivity index (χ0n) is 5.62. The highest BCUT2D eigenvalue weighted by Crippen LogP contribution is 2.05. The Morgan fingerprint density at radius 1 is 1.60 bits per heavy atom. The molecule has 0 atom stereocenters. The predicted molar refractivity (Wildman–Crippen MR) is 38.0 cm³/mol. The lowest BCUT2D eigenvalue weighted by Crippen LogP contribution is -2.14. The number of hydrogen-bond acceptors (Lipinski definition) is 5. The average molecular weight is 163 g/mol. The van der Waals surface area contributed by atoms with Gasteiger partial charge in [-0.2, -0.15) is 0 Å². The van der Waals surface area contributed by atoms with Gasteiger partial charge in [0.1, 0.15) is 12.0 Å². The van der Waals surface area contributed by atoms with Crippen LogP contribution in [0.1, 0.15) is 13.3 Å². The summed E-state index contributed by atoms with van der Waals surface area (Å²) in [4.78, 5) is 20.8. The van der Waals surface area contributed by atoms with E-state index in [4.69, 9.17) is 5.73 Å². The van der Waals surface area contributed by atoms with Gasteiger partial charge in [-0.15, -0.1) is 0 Å². The second kappa shape index (κ2) is 5.25. The Kier molecular flexibility index (Phi) is 4.96. The van der Waals surface area contributed by atoms with Crippen LogP contribution in [0.3, 0.4) is 0 Å². The molecule has 0 unspecified atom stereocenters. The SMILES string of the molecule is CCC(=O)SOC(=O)CN. The van der Waals surface area contributed by atoms with E-state index < -0.39 is 5.97 Å².